The van der Waals surface area contributed by atoms with Gasteiger partial charge in [-0.1, -0.05) is 37.3 Å². The van der Waals surface area contributed by atoms with E-state index in [2.05, 4.69) is 22.2 Å². The topological polar surface area (TPSA) is 64.4 Å². The molecule has 134 valence electrons. The van der Waals surface area contributed by atoms with Gasteiger partial charge in [0.05, 0.1) is 12.8 Å². The van der Waals surface area contributed by atoms with Gasteiger partial charge >= 0.3 is 0 Å². The highest BCUT2D eigenvalue weighted by atomic mass is 32.1. The lowest BCUT2D eigenvalue weighted by atomic mass is 10.2. The van der Waals surface area contributed by atoms with E-state index in [-0.39, 0.29) is 6.61 Å². The Hall–Kier alpha value is -2.93. The maximum Gasteiger partial charge on any atom is 0.216 e. The average Bonchev–Trinajstić information content (AvgIpc) is 3.04. The molecule has 0 saturated heterocycles. The first-order valence-corrected chi connectivity index (χ1v) is 8.79. The van der Waals surface area contributed by atoms with E-state index in [0.29, 0.717) is 17.2 Å². The van der Waals surface area contributed by atoms with Gasteiger partial charge in [-0.15, -0.1) is 0 Å². The molecule has 3 rings (SSSR count). The van der Waals surface area contributed by atoms with Crippen LogP contribution in [0.4, 0.5) is 0 Å². The number of ether oxygens (including phenoxy) is 2. The van der Waals surface area contributed by atoms with Crippen molar-refractivity contribution in [3.8, 4) is 11.5 Å². The van der Waals surface area contributed by atoms with Crippen LogP contribution in [0.25, 0.3) is 0 Å². The number of nitrogens with zero attached hydrogens (tertiary/aromatic N) is 3. The number of aromatic nitrogens is 3. The molecule has 7 heteroatoms. The third-order valence-corrected chi connectivity index (χ3v) is 3.79. The van der Waals surface area contributed by atoms with Gasteiger partial charge in [-0.2, -0.15) is 14.9 Å². The van der Waals surface area contributed by atoms with Crippen molar-refractivity contribution in [1.82, 2.24) is 14.9 Å². The van der Waals surface area contributed by atoms with E-state index >= 15 is 0 Å². The number of hydrogen-bond donors (Lipinski definition) is 1. The second-order valence-electron chi connectivity index (χ2n) is 5.49. The zero-order valence-corrected chi connectivity index (χ0v) is 15.3. The Morgan fingerprint density at radius 3 is 2.69 bits per heavy atom. The standard InChI is InChI=1S/C19H20N4O2S/c1-2-12-24-17-11-7-6-8-15(17)13-20-23-18(21-22-19(23)26)14-25-16-9-4-3-5-10-16/h3-11,13H,2,12,14H2,1H3,(H,22,26)/b20-13-. The number of H-pyrrole nitrogens is 1. The van der Waals surface area contributed by atoms with Gasteiger partial charge in [-0.05, 0) is 42.9 Å². The number of hydrogen-bond acceptors (Lipinski definition) is 5. The minimum absolute atomic E-state index is 0.252. The summed E-state index contributed by atoms with van der Waals surface area (Å²) < 4.78 is 13.4. The van der Waals surface area contributed by atoms with Gasteiger partial charge in [0.1, 0.15) is 18.1 Å². The van der Waals surface area contributed by atoms with E-state index in [1.165, 1.54) is 0 Å². The molecule has 26 heavy (non-hydrogen) atoms. The zero-order chi connectivity index (χ0) is 18.2. The molecule has 1 N–H and O–H groups in total. The molecule has 0 aliphatic rings. The molecular formula is C19H20N4O2S. The predicted octanol–water partition coefficient (Wildman–Crippen LogP) is 4.19. The lowest BCUT2D eigenvalue weighted by Gasteiger charge is -2.07. The van der Waals surface area contributed by atoms with Crippen molar-refractivity contribution in [2.75, 3.05) is 6.61 Å². The average molecular weight is 368 g/mol. The minimum atomic E-state index is 0.252. The van der Waals surface area contributed by atoms with Crippen LogP contribution in [-0.2, 0) is 6.61 Å². The maximum absolute atomic E-state index is 5.75. The normalized spacial score (nSPS) is 11.0. The van der Waals surface area contributed by atoms with Crippen molar-refractivity contribution in [2.45, 2.75) is 20.0 Å². The second-order valence-corrected chi connectivity index (χ2v) is 5.88. The lowest BCUT2D eigenvalue weighted by molar-refractivity contribution is 0.290. The van der Waals surface area contributed by atoms with E-state index in [1.54, 1.807) is 10.9 Å². The summed E-state index contributed by atoms with van der Waals surface area (Å²) in [6, 6.07) is 17.3. The maximum atomic E-state index is 5.75. The smallest absolute Gasteiger partial charge is 0.216 e. The first-order chi connectivity index (χ1) is 12.8. The number of benzene rings is 2. The molecule has 2 aromatic carbocycles. The molecule has 1 heterocycles. The Morgan fingerprint density at radius 1 is 1.12 bits per heavy atom. The van der Waals surface area contributed by atoms with Crippen molar-refractivity contribution in [3.05, 3.63) is 70.8 Å². The van der Waals surface area contributed by atoms with E-state index in [9.17, 15) is 0 Å². The van der Waals surface area contributed by atoms with Crippen molar-refractivity contribution in [1.29, 1.82) is 0 Å². The summed E-state index contributed by atoms with van der Waals surface area (Å²) in [5.41, 5.74) is 0.874. The monoisotopic (exact) mass is 368 g/mol. The highest BCUT2D eigenvalue weighted by Gasteiger charge is 2.07. The van der Waals surface area contributed by atoms with Crippen LogP contribution in [0, 0.1) is 4.77 Å². The second kappa shape index (κ2) is 8.96. The molecule has 0 atom stereocenters. The van der Waals surface area contributed by atoms with Gasteiger partial charge in [-0.3, -0.25) is 0 Å². The summed E-state index contributed by atoms with van der Waals surface area (Å²) in [7, 11) is 0. The fraction of sp³-hybridized carbons (Fsp3) is 0.211. The summed E-state index contributed by atoms with van der Waals surface area (Å²) in [6.07, 6.45) is 2.65. The van der Waals surface area contributed by atoms with E-state index < -0.39 is 0 Å². The van der Waals surface area contributed by atoms with Crippen molar-refractivity contribution in [3.63, 3.8) is 0 Å². The highest BCUT2D eigenvalue weighted by molar-refractivity contribution is 7.71. The molecule has 0 aliphatic carbocycles. The Labute approximate surface area is 157 Å². The molecular weight excluding hydrogens is 348 g/mol. The summed E-state index contributed by atoms with van der Waals surface area (Å²) in [6.45, 7) is 2.98. The summed E-state index contributed by atoms with van der Waals surface area (Å²) in [5.74, 6) is 2.13. The van der Waals surface area contributed by atoms with Crippen molar-refractivity contribution in [2.24, 2.45) is 5.10 Å². The molecule has 0 aliphatic heterocycles. The Bertz CT molecular complexity index is 919. The first kappa shape index (κ1) is 17.9. The molecule has 0 bridgehead atoms. The summed E-state index contributed by atoms with van der Waals surface area (Å²) in [4.78, 5) is 0. The van der Waals surface area contributed by atoms with Crippen LogP contribution in [0.3, 0.4) is 0 Å². The third-order valence-electron chi connectivity index (χ3n) is 3.52. The first-order valence-electron chi connectivity index (χ1n) is 8.38. The molecule has 0 spiro atoms. The van der Waals surface area contributed by atoms with Crippen LogP contribution in [0.5, 0.6) is 11.5 Å². The molecule has 0 radical (unpaired) electrons. The predicted molar refractivity (Wildman–Crippen MR) is 103 cm³/mol. The van der Waals surface area contributed by atoms with Crippen LogP contribution in [0.15, 0.2) is 59.7 Å². The fourth-order valence-electron chi connectivity index (χ4n) is 2.25. The van der Waals surface area contributed by atoms with Crippen LogP contribution in [0.2, 0.25) is 0 Å². The van der Waals surface area contributed by atoms with Gasteiger partial charge in [0.15, 0.2) is 5.82 Å². The van der Waals surface area contributed by atoms with E-state index in [0.717, 1.165) is 23.5 Å². The molecule has 0 saturated carbocycles. The van der Waals surface area contributed by atoms with Crippen LogP contribution in [-0.4, -0.2) is 27.7 Å². The van der Waals surface area contributed by atoms with E-state index in [1.807, 2.05) is 54.6 Å². The van der Waals surface area contributed by atoms with Gasteiger partial charge in [0.25, 0.3) is 0 Å². The Kier molecular flexibility index (Phi) is 6.16. The number of aromatic amines is 1. The van der Waals surface area contributed by atoms with Crippen molar-refractivity contribution >= 4 is 18.4 Å². The lowest BCUT2D eigenvalue weighted by Crippen LogP contribution is -2.04. The van der Waals surface area contributed by atoms with Gasteiger partial charge in [-0.25, -0.2) is 5.10 Å². The Balaban J connectivity index is 1.77. The largest absolute Gasteiger partial charge is 0.493 e. The highest BCUT2D eigenvalue weighted by Crippen LogP contribution is 2.16. The molecule has 6 nitrogen and oxygen atoms in total. The zero-order valence-electron chi connectivity index (χ0n) is 14.5. The fourth-order valence-corrected chi connectivity index (χ4v) is 2.45. The van der Waals surface area contributed by atoms with Gasteiger partial charge in [0.2, 0.25) is 4.77 Å². The molecule has 0 fully saturated rings. The molecule has 0 unspecified atom stereocenters. The van der Waals surface area contributed by atoms with Gasteiger partial charge in [0, 0.05) is 5.56 Å². The number of para-hydroxylation sites is 2. The van der Waals surface area contributed by atoms with Crippen molar-refractivity contribution < 1.29 is 9.47 Å². The quantitative estimate of drug-likeness (QED) is 0.478. The van der Waals surface area contributed by atoms with Crippen LogP contribution in [0.1, 0.15) is 24.7 Å². The van der Waals surface area contributed by atoms with Gasteiger partial charge < -0.3 is 9.47 Å². The summed E-state index contributed by atoms with van der Waals surface area (Å²) in [5, 5.41) is 11.4. The number of rotatable bonds is 8. The molecule has 1 aromatic heterocycles. The summed E-state index contributed by atoms with van der Waals surface area (Å²) >= 11 is 5.27. The SMILES string of the molecule is CCCOc1ccccc1/C=N\n1c(COc2ccccc2)n[nH]c1=S. The van der Waals surface area contributed by atoms with Crippen LogP contribution < -0.4 is 9.47 Å². The third kappa shape index (κ3) is 4.58. The van der Waals surface area contributed by atoms with Crippen LogP contribution >= 0.6 is 12.2 Å². The minimum Gasteiger partial charge on any atom is -0.493 e. The van der Waals surface area contributed by atoms with E-state index in [4.69, 9.17) is 21.7 Å². The number of nitrogens with one attached hydrogen (secondary N) is 1. The Morgan fingerprint density at radius 2 is 1.88 bits per heavy atom. The molecule has 3 aromatic rings. The molecule has 0 amide bonds.